The molecule has 29 heavy (non-hydrogen) atoms. The van der Waals surface area contributed by atoms with Gasteiger partial charge >= 0.3 is 0 Å². The third kappa shape index (κ3) is 4.02. The van der Waals surface area contributed by atoms with Gasteiger partial charge < -0.3 is 29.0 Å². The SMILES string of the molecule is COc1cc(OC)c(C2CCN(C)C2CO)c(O)c1C(=O)C=Cc1ccc(C)o1. The number of rotatable bonds is 7. The molecule has 0 aliphatic carbocycles. The minimum absolute atomic E-state index is 0.0587. The lowest BCUT2D eigenvalue weighted by molar-refractivity contribution is 0.104. The van der Waals surface area contributed by atoms with Gasteiger partial charge in [0, 0.05) is 23.6 Å². The first kappa shape index (κ1) is 21.0. The molecule has 1 aliphatic heterocycles. The third-order valence-electron chi connectivity index (χ3n) is 5.49. The number of phenols is 1. The van der Waals surface area contributed by atoms with Gasteiger partial charge in [0.15, 0.2) is 5.78 Å². The molecule has 1 fully saturated rings. The topological polar surface area (TPSA) is 92.4 Å². The van der Waals surface area contributed by atoms with Gasteiger partial charge in [-0.25, -0.2) is 0 Å². The predicted octanol–water partition coefficient (Wildman–Crippen LogP) is 2.99. The van der Waals surface area contributed by atoms with Gasteiger partial charge in [0.2, 0.25) is 0 Å². The van der Waals surface area contributed by atoms with Crippen LogP contribution in [0.4, 0.5) is 0 Å². The van der Waals surface area contributed by atoms with Crippen LogP contribution < -0.4 is 9.47 Å². The molecule has 0 amide bonds. The second-order valence-electron chi connectivity index (χ2n) is 7.19. The predicted molar refractivity (Wildman–Crippen MR) is 109 cm³/mol. The summed E-state index contributed by atoms with van der Waals surface area (Å²) in [7, 11) is 4.86. The number of furan rings is 1. The summed E-state index contributed by atoms with van der Waals surface area (Å²) < 4.78 is 16.3. The van der Waals surface area contributed by atoms with E-state index >= 15 is 0 Å². The molecule has 7 nitrogen and oxygen atoms in total. The molecule has 7 heteroatoms. The number of ketones is 1. The molecule has 0 radical (unpaired) electrons. The number of aryl methyl sites for hydroxylation is 1. The second-order valence-corrected chi connectivity index (χ2v) is 7.19. The summed E-state index contributed by atoms with van der Waals surface area (Å²) in [5.74, 6) is 1.18. The Morgan fingerprint density at radius 3 is 2.62 bits per heavy atom. The zero-order chi connectivity index (χ0) is 21.1. The first-order valence-corrected chi connectivity index (χ1v) is 9.49. The highest BCUT2D eigenvalue weighted by Gasteiger charge is 2.37. The van der Waals surface area contributed by atoms with E-state index in [0.717, 1.165) is 18.7 Å². The Balaban J connectivity index is 2.06. The summed E-state index contributed by atoms with van der Waals surface area (Å²) in [4.78, 5) is 15.0. The number of aliphatic hydroxyl groups excluding tert-OH is 1. The second kappa shape index (κ2) is 8.71. The standard InChI is InChI=1S/C22H27NO6/c1-13-5-6-14(29-13)7-8-17(25)21-19(28-4)11-18(27-3)20(22(21)26)15-9-10-23(2)16(15)12-24/h5-8,11,15-16,24,26H,9-10,12H2,1-4H3. The van der Waals surface area contributed by atoms with Crippen LogP contribution >= 0.6 is 0 Å². The third-order valence-corrected chi connectivity index (χ3v) is 5.49. The van der Waals surface area contributed by atoms with Gasteiger partial charge in [0.05, 0.1) is 20.8 Å². The van der Waals surface area contributed by atoms with Crippen molar-refractivity contribution in [1.29, 1.82) is 0 Å². The average Bonchev–Trinajstić information content (AvgIpc) is 3.29. The zero-order valence-electron chi connectivity index (χ0n) is 17.1. The lowest BCUT2D eigenvalue weighted by Crippen LogP contribution is -2.32. The molecular formula is C22H27NO6. The first-order chi connectivity index (χ1) is 13.9. The van der Waals surface area contributed by atoms with Gasteiger partial charge in [-0.1, -0.05) is 0 Å². The van der Waals surface area contributed by atoms with E-state index in [-0.39, 0.29) is 35.6 Å². The Kier molecular flexibility index (Phi) is 6.30. The van der Waals surface area contributed by atoms with Gasteiger partial charge in [-0.3, -0.25) is 4.79 Å². The van der Waals surface area contributed by atoms with E-state index < -0.39 is 5.78 Å². The van der Waals surface area contributed by atoms with Crippen molar-refractivity contribution < 1.29 is 28.9 Å². The van der Waals surface area contributed by atoms with Crippen LogP contribution in [-0.4, -0.2) is 61.4 Å². The molecule has 0 spiro atoms. The van der Waals surface area contributed by atoms with Gasteiger partial charge in [-0.2, -0.15) is 0 Å². The maximum absolute atomic E-state index is 12.9. The number of aromatic hydroxyl groups is 1. The molecule has 0 saturated carbocycles. The fourth-order valence-corrected chi connectivity index (χ4v) is 3.96. The van der Waals surface area contributed by atoms with Crippen molar-refractivity contribution in [3.05, 3.63) is 46.9 Å². The van der Waals surface area contributed by atoms with Crippen LogP contribution in [0.3, 0.4) is 0 Å². The number of allylic oxidation sites excluding steroid dienone is 1. The molecule has 2 unspecified atom stereocenters. The molecule has 1 aliphatic rings. The highest BCUT2D eigenvalue weighted by Crippen LogP contribution is 2.47. The van der Waals surface area contributed by atoms with Gasteiger partial charge in [0.25, 0.3) is 0 Å². The number of likely N-dealkylation sites (N-methyl/N-ethyl adjacent to an activating group) is 1. The van der Waals surface area contributed by atoms with Crippen LogP contribution in [0.25, 0.3) is 6.08 Å². The lowest BCUT2D eigenvalue weighted by atomic mass is 9.88. The van der Waals surface area contributed by atoms with Crippen LogP contribution in [-0.2, 0) is 0 Å². The summed E-state index contributed by atoms with van der Waals surface area (Å²) in [6, 6.07) is 5.00. The molecule has 1 aromatic carbocycles. The van der Waals surface area contributed by atoms with Crippen LogP contribution in [0.15, 0.2) is 28.7 Å². The average molecular weight is 401 g/mol. The van der Waals surface area contributed by atoms with Crippen LogP contribution in [0, 0.1) is 6.92 Å². The molecular weight excluding hydrogens is 374 g/mol. The molecule has 2 atom stereocenters. The smallest absolute Gasteiger partial charge is 0.193 e. The largest absolute Gasteiger partial charge is 0.507 e. The van der Waals surface area contributed by atoms with Gasteiger partial charge in [0.1, 0.15) is 34.3 Å². The van der Waals surface area contributed by atoms with E-state index in [1.54, 1.807) is 24.3 Å². The number of carbonyl (C=O) groups is 1. The van der Waals surface area contributed by atoms with E-state index in [4.69, 9.17) is 13.9 Å². The monoisotopic (exact) mass is 401 g/mol. The Hall–Kier alpha value is -2.77. The number of ether oxygens (including phenoxy) is 2. The number of likely N-dealkylation sites (tertiary alicyclic amines) is 1. The molecule has 2 aromatic rings. The minimum Gasteiger partial charge on any atom is -0.507 e. The Bertz CT molecular complexity index is 916. The number of phenolic OH excluding ortho intramolecular Hbond substituents is 1. The normalized spacial score (nSPS) is 19.8. The van der Waals surface area contributed by atoms with Crippen molar-refractivity contribution >= 4 is 11.9 Å². The van der Waals surface area contributed by atoms with Crippen LogP contribution in [0.1, 0.15) is 39.8 Å². The highest BCUT2D eigenvalue weighted by atomic mass is 16.5. The Morgan fingerprint density at radius 2 is 2.03 bits per heavy atom. The summed E-state index contributed by atoms with van der Waals surface area (Å²) in [5.41, 5.74) is 0.580. The molecule has 2 N–H and O–H groups in total. The maximum atomic E-state index is 12.9. The van der Waals surface area contributed by atoms with Crippen molar-refractivity contribution in [2.45, 2.75) is 25.3 Å². The van der Waals surface area contributed by atoms with E-state index in [1.807, 2.05) is 18.9 Å². The summed E-state index contributed by atoms with van der Waals surface area (Å²) >= 11 is 0. The molecule has 0 bridgehead atoms. The number of carbonyl (C=O) groups excluding carboxylic acids is 1. The van der Waals surface area contributed by atoms with E-state index in [2.05, 4.69) is 0 Å². The number of hydrogen-bond acceptors (Lipinski definition) is 7. The Labute approximate surface area is 170 Å². The number of nitrogens with zero attached hydrogens (tertiary/aromatic N) is 1. The summed E-state index contributed by atoms with van der Waals surface area (Å²) in [6.07, 6.45) is 3.63. The van der Waals surface area contributed by atoms with Crippen molar-refractivity contribution in [2.75, 3.05) is 34.4 Å². The fourth-order valence-electron chi connectivity index (χ4n) is 3.96. The van der Waals surface area contributed by atoms with Crippen molar-refractivity contribution in [1.82, 2.24) is 4.90 Å². The van der Waals surface area contributed by atoms with E-state index in [9.17, 15) is 15.0 Å². The molecule has 2 heterocycles. The van der Waals surface area contributed by atoms with Crippen molar-refractivity contribution in [3.63, 3.8) is 0 Å². The zero-order valence-corrected chi connectivity index (χ0v) is 17.1. The summed E-state index contributed by atoms with van der Waals surface area (Å²) in [5, 5.41) is 20.9. The molecule has 3 rings (SSSR count). The maximum Gasteiger partial charge on any atom is 0.193 e. The quantitative estimate of drug-likeness (QED) is 0.544. The lowest BCUT2D eigenvalue weighted by Gasteiger charge is -2.26. The fraction of sp³-hybridized carbons (Fsp3) is 0.409. The first-order valence-electron chi connectivity index (χ1n) is 9.49. The van der Waals surface area contributed by atoms with Crippen molar-refractivity contribution in [2.24, 2.45) is 0 Å². The Morgan fingerprint density at radius 1 is 1.31 bits per heavy atom. The van der Waals surface area contributed by atoms with E-state index in [1.165, 1.54) is 20.3 Å². The summed E-state index contributed by atoms with van der Waals surface area (Å²) in [6.45, 7) is 2.53. The molecule has 1 saturated heterocycles. The number of benzene rings is 1. The van der Waals surface area contributed by atoms with Gasteiger partial charge in [-0.05, 0) is 51.2 Å². The molecule has 156 valence electrons. The number of hydrogen-bond donors (Lipinski definition) is 2. The molecule has 1 aromatic heterocycles. The minimum atomic E-state index is -0.413. The number of methoxy groups -OCH3 is 2. The van der Waals surface area contributed by atoms with Gasteiger partial charge in [-0.15, -0.1) is 0 Å². The van der Waals surface area contributed by atoms with E-state index in [0.29, 0.717) is 17.1 Å². The van der Waals surface area contributed by atoms with Crippen LogP contribution in [0.5, 0.6) is 17.2 Å². The van der Waals surface area contributed by atoms with Crippen molar-refractivity contribution in [3.8, 4) is 17.2 Å². The number of aliphatic hydroxyl groups is 1. The van der Waals surface area contributed by atoms with Crippen LogP contribution in [0.2, 0.25) is 0 Å². The highest BCUT2D eigenvalue weighted by molar-refractivity contribution is 6.11.